The molecule has 0 bridgehead atoms. The third kappa shape index (κ3) is 1.58. The molecule has 0 spiro atoms. The molecule has 1 aromatic carbocycles. The van der Waals surface area contributed by atoms with Gasteiger partial charge in [0.15, 0.2) is 0 Å². The summed E-state index contributed by atoms with van der Waals surface area (Å²) in [5.41, 5.74) is -0.0765. The van der Waals surface area contributed by atoms with Gasteiger partial charge in [0.25, 0.3) is 0 Å². The highest BCUT2D eigenvalue weighted by molar-refractivity contribution is 9.10. The standard InChI is InChI=1S/C11H11BrO3/c12-9-3-1-7(2-4-9)11(10(14)15)5-8(11)6-13/h1-4,8,13H,5-6H2,(H,14,15)/t8-,11+/m1/s1. The number of aliphatic hydroxyl groups excluding tert-OH is 1. The monoisotopic (exact) mass is 270 g/mol. The second-order valence-corrected chi connectivity index (χ2v) is 4.78. The molecule has 0 aliphatic heterocycles. The number of carboxylic acid groups (broad SMARTS) is 1. The number of benzene rings is 1. The number of rotatable bonds is 3. The Morgan fingerprint density at radius 3 is 2.47 bits per heavy atom. The molecule has 3 nitrogen and oxygen atoms in total. The van der Waals surface area contributed by atoms with Gasteiger partial charge in [0.2, 0.25) is 0 Å². The minimum atomic E-state index is -0.852. The first kappa shape index (κ1) is 10.6. The average molecular weight is 271 g/mol. The van der Waals surface area contributed by atoms with Gasteiger partial charge in [-0.2, -0.15) is 0 Å². The van der Waals surface area contributed by atoms with Gasteiger partial charge in [-0.25, -0.2) is 0 Å². The van der Waals surface area contributed by atoms with Crippen LogP contribution in [-0.2, 0) is 10.2 Å². The number of aliphatic hydroxyl groups is 1. The highest BCUT2D eigenvalue weighted by Gasteiger charge is 2.61. The van der Waals surface area contributed by atoms with Gasteiger partial charge in [-0.1, -0.05) is 28.1 Å². The molecule has 2 N–H and O–H groups in total. The molecule has 1 aliphatic carbocycles. The fraction of sp³-hybridized carbons (Fsp3) is 0.364. The van der Waals surface area contributed by atoms with Crippen LogP contribution in [0.25, 0.3) is 0 Å². The van der Waals surface area contributed by atoms with Crippen molar-refractivity contribution in [2.24, 2.45) is 5.92 Å². The topological polar surface area (TPSA) is 57.5 Å². The highest BCUT2D eigenvalue weighted by atomic mass is 79.9. The van der Waals surface area contributed by atoms with E-state index in [1.165, 1.54) is 0 Å². The molecule has 0 radical (unpaired) electrons. The number of aliphatic carboxylic acids is 1. The number of carboxylic acids is 1. The molecule has 4 heteroatoms. The molecule has 1 aliphatic rings. The van der Waals surface area contributed by atoms with Gasteiger partial charge in [-0.3, -0.25) is 4.79 Å². The Morgan fingerprint density at radius 2 is 2.07 bits per heavy atom. The van der Waals surface area contributed by atoms with Gasteiger partial charge in [0.05, 0.1) is 5.41 Å². The lowest BCUT2D eigenvalue weighted by molar-refractivity contribution is -0.140. The van der Waals surface area contributed by atoms with Crippen molar-refractivity contribution in [1.82, 2.24) is 0 Å². The van der Waals surface area contributed by atoms with E-state index in [0.29, 0.717) is 6.42 Å². The molecule has 0 saturated heterocycles. The molecule has 0 heterocycles. The lowest BCUT2D eigenvalue weighted by atomic mass is 9.93. The summed E-state index contributed by atoms with van der Waals surface area (Å²) in [6, 6.07) is 7.25. The van der Waals surface area contributed by atoms with E-state index in [4.69, 9.17) is 5.11 Å². The molecule has 0 unspecified atom stereocenters. The summed E-state index contributed by atoms with van der Waals surface area (Å²) in [5.74, 6) is -0.986. The van der Waals surface area contributed by atoms with Gasteiger partial charge in [-0.05, 0) is 24.1 Å². The molecule has 2 rings (SSSR count). The van der Waals surface area contributed by atoms with Gasteiger partial charge in [0.1, 0.15) is 0 Å². The molecular weight excluding hydrogens is 260 g/mol. The van der Waals surface area contributed by atoms with E-state index in [0.717, 1.165) is 10.0 Å². The van der Waals surface area contributed by atoms with Crippen LogP contribution < -0.4 is 0 Å². The number of halogens is 1. The van der Waals surface area contributed by atoms with Gasteiger partial charge in [0, 0.05) is 17.0 Å². The first-order valence-corrected chi connectivity index (χ1v) is 5.51. The Hall–Kier alpha value is -0.870. The summed E-state index contributed by atoms with van der Waals surface area (Å²) in [6.45, 7) is -0.0671. The van der Waals surface area contributed by atoms with Crippen molar-refractivity contribution in [3.8, 4) is 0 Å². The zero-order valence-corrected chi connectivity index (χ0v) is 9.57. The van der Waals surface area contributed by atoms with Crippen molar-refractivity contribution < 1.29 is 15.0 Å². The molecule has 2 atom stereocenters. The molecule has 80 valence electrons. The average Bonchev–Trinajstić information content (AvgIpc) is 2.94. The van der Waals surface area contributed by atoms with Crippen LogP contribution in [0.3, 0.4) is 0 Å². The van der Waals surface area contributed by atoms with Crippen molar-refractivity contribution in [1.29, 1.82) is 0 Å². The minimum absolute atomic E-state index is 0.0671. The van der Waals surface area contributed by atoms with Crippen LogP contribution >= 0.6 is 15.9 Å². The van der Waals surface area contributed by atoms with Crippen LogP contribution in [0, 0.1) is 5.92 Å². The van der Waals surface area contributed by atoms with Gasteiger partial charge < -0.3 is 10.2 Å². The molecule has 0 amide bonds. The first-order chi connectivity index (χ1) is 7.11. The molecule has 0 aromatic heterocycles. The Morgan fingerprint density at radius 1 is 1.47 bits per heavy atom. The SMILES string of the molecule is O=C(O)[C@]1(c2ccc(Br)cc2)C[C@@H]1CO. The lowest BCUT2D eigenvalue weighted by Crippen LogP contribution is -2.23. The molecule has 1 fully saturated rings. The molecule has 15 heavy (non-hydrogen) atoms. The van der Waals surface area contributed by atoms with E-state index in [9.17, 15) is 9.90 Å². The zero-order valence-electron chi connectivity index (χ0n) is 7.98. The van der Waals surface area contributed by atoms with E-state index in [1.54, 1.807) is 12.1 Å². The summed E-state index contributed by atoms with van der Waals surface area (Å²) >= 11 is 3.31. The zero-order chi connectivity index (χ0) is 11.1. The first-order valence-electron chi connectivity index (χ1n) is 4.71. The minimum Gasteiger partial charge on any atom is -0.481 e. The van der Waals surface area contributed by atoms with E-state index in [2.05, 4.69) is 15.9 Å². The quantitative estimate of drug-likeness (QED) is 0.881. The highest BCUT2D eigenvalue weighted by Crippen LogP contribution is 2.54. The Labute approximate surface area is 95.9 Å². The second-order valence-electron chi connectivity index (χ2n) is 3.87. The fourth-order valence-corrected chi connectivity index (χ4v) is 2.30. The third-order valence-electron chi connectivity index (χ3n) is 3.07. The number of carbonyl (C=O) groups is 1. The van der Waals surface area contributed by atoms with Gasteiger partial charge >= 0.3 is 5.97 Å². The van der Waals surface area contributed by atoms with Crippen LogP contribution in [0.1, 0.15) is 12.0 Å². The summed E-state index contributed by atoms with van der Waals surface area (Å²) in [6.07, 6.45) is 0.528. The van der Waals surface area contributed by atoms with E-state index >= 15 is 0 Å². The molecular formula is C11H11BrO3. The Kier molecular flexibility index (Phi) is 2.56. The van der Waals surface area contributed by atoms with Crippen LogP contribution in [0.5, 0.6) is 0 Å². The maximum absolute atomic E-state index is 11.2. The fourth-order valence-electron chi connectivity index (χ4n) is 2.04. The predicted octanol–water partition coefficient (Wildman–Crippen LogP) is 1.78. The molecule has 1 saturated carbocycles. The second kappa shape index (κ2) is 3.61. The van der Waals surface area contributed by atoms with Crippen molar-refractivity contribution in [2.45, 2.75) is 11.8 Å². The van der Waals surface area contributed by atoms with Crippen molar-refractivity contribution in [2.75, 3.05) is 6.61 Å². The number of hydrogen-bond acceptors (Lipinski definition) is 2. The predicted molar refractivity (Wildman–Crippen MR) is 58.6 cm³/mol. The molecule has 1 aromatic rings. The maximum Gasteiger partial charge on any atom is 0.314 e. The summed E-state index contributed by atoms with van der Waals surface area (Å²) in [4.78, 5) is 11.2. The summed E-state index contributed by atoms with van der Waals surface area (Å²) < 4.78 is 0.924. The van der Waals surface area contributed by atoms with E-state index in [1.807, 2.05) is 12.1 Å². The summed E-state index contributed by atoms with van der Waals surface area (Å²) in [7, 11) is 0. The Bertz CT molecular complexity index is 387. The van der Waals surface area contributed by atoms with Crippen molar-refractivity contribution >= 4 is 21.9 Å². The smallest absolute Gasteiger partial charge is 0.314 e. The van der Waals surface area contributed by atoms with Crippen LogP contribution in [0.4, 0.5) is 0 Å². The van der Waals surface area contributed by atoms with Crippen molar-refractivity contribution in [3.63, 3.8) is 0 Å². The van der Waals surface area contributed by atoms with E-state index < -0.39 is 11.4 Å². The van der Waals surface area contributed by atoms with E-state index in [-0.39, 0.29) is 12.5 Å². The van der Waals surface area contributed by atoms with Crippen LogP contribution in [0.15, 0.2) is 28.7 Å². The summed E-state index contributed by atoms with van der Waals surface area (Å²) in [5, 5.41) is 18.2. The van der Waals surface area contributed by atoms with Crippen LogP contribution in [-0.4, -0.2) is 22.8 Å². The maximum atomic E-state index is 11.2. The van der Waals surface area contributed by atoms with Crippen LogP contribution in [0.2, 0.25) is 0 Å². The number of hydrogen-bond donors (Lipinski definition) is 2. The Balaban J connectivity index is 2.36. The van der Waals surface area contributed by atoms with Gasteiger partial charge in [-0.15, -0.1) is 0 Å². The normalized spacial score (nSPS) is 28.8. The third-order valence-corrected chi connectivity index (χ3v) is 3.60. The largest absolute Gasteiger partial charge is 0.481 e. The lowest BCUT2D eigenvalue weighted by Gasteiger charge is -2.12. The van der Waals surface area contributed by atoms with Crippen molar-refractivity contribution in [3.05, 3.63) is 34.3 Å².